The normalized spacial score (nSPS) is 11.9. The van der Waals surface area contributed by atoms with E-state index >= 15 is 0 Å². The maximum Gasteiger partial charge on any atom is 0.345 e. The molecule has 0 aliphatic rings. The number of thiophene rings is 1. The SMILES string of the molecule is CC(C)COCCNS(=O)(=O)c1csc(C(=O)O)c1. The van der Waals surface area contributed by atoms with Crippen LogP contribution >= 0.6 is 11.3 Å². The van der Waals surface area contributed by atoms with Crippen LogP contribution in [-0.4, -0.2) is 39.3 Å². The van der Waals surface area contributed by atoms with Crippen LogP contribution in [0.1, 0.15) is 23.5 Å². The summed E-state index contributed by atoms with van der Waals surface area (Å²) in [6.07, 6.45) is 0. The van der Waals surface area contributed by atoms with E-state index in [1.165, 1.54) is 5.38 Å². The first-order chi connectivity index (χ1) is 8.83. The maximum atomic E-state index is 11.8. The van der Waals surface area contributed by atoms with Crippen LogP contribution in [0.3, 0.4) is 0 Å². The van der Waals surface area contributed by atoms with Gasteiger partial charge in [0.25, 0.3) is 0 Å². The van der Waals surface area contributed by atoms with E-state index in [0.29, 0.717) is 12.5 Å². The highest BCUT2D eigenvalue weighted by atomic mass is 32.2. The molecule has 19 heavy (non-hydrogen) atoms. The van der Waals surface area contributed by atoms with Gasteiger partial charge >= 0.3 is 5.97 Å². The lowest BCUT2D eigenvalue weighted by Gasteiger charge is -2.07. The highest BCUT2D eigenvalue weighted by Crippen LogP contribution is 2.18. The molecule has 8 heteroatoms. The molecule has 0 spiro atoms. The molecule has 0 atom stereocenters. The molecule has 0 unspecified atom stereocenters. The van der Waals surface area contributed by atoms with Gasteiger partial charge in [-0.25, -0.2) is 17.9 Å². The van der Waals surface area contributed by atoms with Gasteiger partial charge in [-0.3, -0.25) is 0 Å². The summed E-state index contributed by atoms with van der Waals surface area (Å²) < 4.78 is 31.2. The molecule has 0 aromatic carbocycles. The van der Waals surface area contributed by atoms with Crippen molar-refractivity contribution >= 4 is 27.3 Å². The highest BCUT2D eigenvalue weighted by molar-refractivity contribution is 7.89. The van der Waals surface area contributed by atoms with Crippen molar-refractivity contribution < 1.29 is 23.1 Å². The van der Waals surface area contributed by atoms with E-state index in [9.17, 15) is 13.2 Å². The second-order valence-electron chi connectivity index (χ2n) is 4.32. The van der Waals surface area contributed by atoms with E-state index in [0.717, 1.165) is 17.4 Å². The van der Waals surface area contributed by atoms with Crippen LogP contribution in [0.4, 0.5) is 0 Å². The zero-order valence-electron chi connectivity index (χ0n) is 10.8. The van der Waals surface area contributed by atoms with Gasteiger partial charge in [0.05, 0.1) is 11.5 Å². The average Bonchev–Trinajstić information content (AvgIpc) is 2.77. The number of carboxylic acid groups (broad SMARTS) is 1. The number of sulfonamides is 1. The number of carboxylic acids is 1. The summed E-state index contributed by atoms with van der Waals surface area (Å²) in [5, 5.41) is 10.0. The van der Waals surface area contributed by atoms with E-state index in [1.54, 1.807) is 0 Å². The van der Waals surface area contributed by atoms with Crippen molar-refractivity contribution in [2.24, 2.45) is 5.92 Å². The minimum atomic E-state index is -3.66. The Labute approximate surface area is 116 Å². The second-order valence-corrected chi connectivity index (χ2v) is 7.00. The molecule has 0 aliphatic heterocycles. The van der Waals surface area contributed by atoms with Crippen molar-refractivity contribution in [1.29, 1.82) is 0 Å². The first-order valence-corrected chi connectivity index (χ1v) is 8.08. The third kappa shape index (κ3) is 5.27. The van der Waals surface area contributed by atoms with Crippen LogP contribution in [0.5, 0.6) is 0 Å². The van der Waals surface area contributed by atoms with Gasteiger partial charge in [-0.15, -0.1) is 11.3 Å². The molecule has 1 heterocycles. The fourth-order valence-electron chi connectivity index (χ4n) is 1.22. The molecule has 0 radical (unpaired) electrons. The van der Waals surface area contributed by atoms with E-state index in [2.05, 4.69) is 4.72 Å². The Hall–Kier alpha value is -0.960. The number of hydrogen-bond donors (Lipinski definition) is 2. The average molecular weight is 307 g/mol. The van der Waals surface area contributed by atoms with Crippen molar-refractivity contribution in [3.8, 4) is 0 Å². The Bertz CT molecular complexity index is 521. The molecule has 108 valence electrons. The zero-order valence-corrected chi connectivity index (χ0v) is 12.4. The van der Waals surface area contributed by atoms with E-state index in [-0.39, 0.29) is 22.9 Å². The lowest BCUT2D eigenvalue weighted by Crippen LogP contribution is -2.27. The molecule has 2 N–H and O–H groups in total. The van der Waals surface area contributed by atoms with Gasteiger partial charge in [0.2, 0.25) is 10.0 Å². The minimum Gasteiger partial charge on any atom is -0.477 e. The summed E-state index contributed by atoms with van der Waals surface area (Å²) in [7, 11) is -3.66. The van der Waals surface area contributed by atoms with Crippen molar-refractivity contribution in [2.45, 2.75) is 18.7 Å². The molecule has 0 bridgehead atoms. The number of hydrogen-bond acceptors (Lipinski definition) is 5. The molecular formula is C11H17NO5S2. The number of nitrogens with one attached hydrogen (secondary N) is 1. The Balaban J connectivity index is 2.49. The predicted octanol–water partition coefficient (Wildman–Crippen LogP) is 1.40. The number of ether oxygens (including phenoxy) is 1. The molecule has 0 fully saturated rings. The van der Waals surface area contributed by atoms with Crippen LogP contribution in [-0.2, 0) is 14.8 Å². The third-order valence-electron chi connectivity index (χ3n) is 2.09. The Morgan fingerprint density at radius 3 is 2.74 bits per heavy atom. The molecule has 0 saturated carbocycles. The largest absolute Gasteiger partial charge is 0.477 e. The fourth-order valence-corrected chi connectivity index (χ4v) is 3.35. The summed E-state index contributed by atoms with van der Waals surface area (Å²) in [5.74, 6) is -0.738. The van der Waals surface area contributed by atoms with Gasteiger partial charge in [-0.05, 0) is 12.0 Å². The smallest absolute Gasteiger partial charge is 0.345 e. The van der Waals surface area contributed by atoms with Crippen LogP contribution in [0.15, 0.2) is 16.3 Å². The lowest BCUT2D eigenvalue weighted by atomic mass is 10.2. The van der Waals surface area contributed by atoms with E-state index < -0.39 is 16.0 Å². The van der Waals surface area contributed by atoms with Crippen LogP contribution in [0.25, 0.3) is 0 Å². The van der Waals surface area contributed by atoms with Gasteiger partial charge in [0, 0.05) is 18.5 Å². The monoisotopic (exact) mass is 307 g/mol. The third-order valence-corrected chi connectivity index (χ3v) is 4.59. The summed E-state index contributed by atoms with van der Waals surface area (Å²) in [4.78, 5) is 10.6. The Kier molecular flexibility index (Phi) is 5.92. The van der Waals surface area contributed by atoms with Gasteiger partial charge in [-0.1, -0.05) is 13.8 Å². The lowest BCUT2D eigenvalue weighted by molar-refractivity contribution is 0.0702. The summed E-state index contributed by atoms with van der Waals surface area (Å²) in [5.41, 5.74) is 0. The molecular weight excluding hydrogens is 290 g/mol. The minimum absolute atomic E-state index is 0.00330. The van der Waals surface area contributed by atoms with Gasteiger partial charge in [-0.2, -0.15) is 0 Å². The zero-order chi connectivity index (χ0) is 14.5. The summed E-state index contributed by atoms with van der Waals surface area (Å²) >= 11 is 0.882. The van der Waals surface area contributed by atoms with Crippen molar-refractivity contribution in [2.75, 3.05) is 19.8 Å². The number of carbonyl (C=O) groups is 1. The van der Waals surface area contributed by atoms with Crippen LogP contribution < -0.4 is 4.72 Å². The Morgan fingerprint density at radius 1 is 1.53 bits per heavy atom. The topological polar surface area (TPSA) is 92.7 Å². The predicted molar refractivity (Wildman–Crippen MR) is 72.1 cm³/mol. The van der Waals surface area contributed by atoms with Crippen molar-refractivity contribution in [3.05, 3.63) is 16.3 Å². The van der Waals surface area contributed by atoms with E-state index in [4.69, 9.17) is 9.84 Å². The summed E-state index contributed by atoms with van der Waals surface area (Å²) in [6.45, 7) is 5.02. The molecule has 1 rings (SSSR count). The molecule has 0 aliphatic carbocycles. The first kappa shape index (κ1) is 16.1. The summed E-state index contributed by atoms with van der Waals surface area (Å²) in [6, 6.07) is 1.14. The molecule has 0 saturated heterocycles. The quantitative estimate of drug-likeness (QED) is 0.708. The van der Waals surface area contributed by atoms with Crippen LogP contribution in [0, 0.1) is 5.92 Å². The number of rotatable bonds is 8. The van der Waals surface area contributed by atoms with Gasteiger partial charge in [0.1, 0.15) is 4.88 Å². The van der Waals surface area contributed by atoms with Crippen molar-refractivity contribution in [1.82, 2.24) is 4.72 Å². The van der Waals surface area contributed by atoms with Crippen LogP contribution in [0.2, 0.25) is 0 Å². The fraction of sp³-hybridized carbons (Fsp3) is 0.545. The molecule has 1 aromatic heterocycles. The van der Waals surface area contributed by atoms with E-state index in [1.807, 2.05) is 13.8 Å². The maximum absolute atomic E-state index is 11.8. The second kappa shape index (κ2) is 6.99. The molecule has 0 amide bonds. The van der Waals surface area contributed by atoms with Crippen molar-refractivity contribution in [3.63, 3.8) is 0 Å². The molecule has 1 aromatic rings. The Morgan fingerprint density at radius 2 is 2.21 bits per heavy atom. The molecule has 6 nitrogen and oxygen atoms in total. The van der Waals surface area contributed by atoms with Gasteiger partial charge in [0.15, 0.2) is 0 Å². The standard InChI is InChI=1S/C11H17NO5S2/c1-8(2)6-17-4-3-12-19(15,16)9-5-10(11(13)14)18-7-9/h5,7-8,12H,3-4,6H2,1-2H3,(H,13,14). The van der Waals surface area contributed by atoms with Gasteiger partial charge < -0.3 is 9.84 Å². The number of aromatic carboxylic acids is 1. The highest BCUT2D eigenvalue weighted by Gasteiger charge is 2.17. The first-order valence-electron chi connectivity index (χ1n) is 5.72.